The molecule has 2 aromatic rings. The SMILES string of the molecule is C[C@H](Nc1nc2cc(C(F)(F)F)ccc2o1)C(N)=O. The van der Waals surface area contributed by atoms with E-state index < -0.39 is 23.7 Å². The Labute approximate surface area is 105 Å². The zero-order chi connectivity index (χ0) is 14.2. The number of aromatic nitrogens is 1. The van der Waals surface area contributed by atoms with Crippen LogP contribution in [0.1, 0.15) is 12.5 Å². The molecule has 0 fully saturated rings. The van der Waals surface area contributed by atoms with E-state index in [4.69, 9.17) is 10.2 Å². The first-order valence-corrected chi connectivity index (χ1v) is 5.31. The number of primary amides is 1. The first-order valence-electron chi connectivity index (χ1n) is 5.31. The molecule has 0 aliphatic rings. The molecule has 1 heterocycles. The lowest BCUT2D eigenvalue weighted by Gasteiger charge is -2.05. The average Bonchev–Trinajstić information content (AvgIpc) is 2.68. The Morgan fingerprint density at radius 3 is 2.74 bits per heavy atom. The van der Waals surface area contributed by atoms with Gasteiger partial charge in [0.15, 0.2) is 5.58 Å². The number of halogens is 3. The molecule has 2 rings (SSSR count). The average molecular weight is 273 g/mol. The lowest BCUT2D eigenvalue weighted by molar-refractivity contribution is -0.137. The number of carbonyl (C=O) groups excluding carboxylic acids is 1. The van der Waals surface area contributed by atoms with E-state index in [0.29, 0.717) is 0 Å². The Morgan fingerprint density at radius 1 is 1.47 bits per heavy atom. The second-order valence-corrected chi connectivity index (χ2v) is 3.97. The summed E-state index contributed by atoms with van der Waals surface area (Å²) in [5.41, 5.74) is 4.46. The van der Waals surface area contributed by atoms with Crippen LogP contribution in [0, 0.1) is 0 Å². The van der Waals surface area contributed by atoms with E-state index in [9.17, 15) is 18.0 Å². The highest BCUT2D eigenvalue weighted by Gasteiger charge is 2.31. The standard InChI is InChI=1S/C11H10F3N3O2/c1-5(9(15)18)16-10-17-7-4-6(11(12,13)14)2-3-8(7)19-10/h2-5H,1H3,(H2,15,18)(H,16,17)/t5-/m0/s1. The van der Waals surface area contributed by atoms with Gasteiger partial charge in [0, 0.05) is 0 Å². The maximum absolute atomic E-state index is 12.5. The smallest absolute Gasteiger partial charge is 0.416 e. The topological polar surface area (TPSA) is 81.2 Å². The molecule has 0 spiro atoms. The summed E-state index contributed by atoms with van der Waals surface area (Å²) in [5, 5.41) is 2.56. The third-order valence-electron chi connectivity index (χ3n) is 2.48. The van der Waals surface area contributed by atoms with E-state index >= 15 is 0 Å². The Morgan fingerprint density at radius 2 is 2.16 bits per heavy atom. The van der Waals surface area contributed by atoms with E-state index in [2.05, 4.69) is 10.3 Å². The molecule has 0 unspecified atom stereocenters. The zero-order valence-electron chi connectivity index (χ0n) is 9.78. The summed E-state index contributed by atoms with van der Waals surface area (Å²) in [6, 6.07) is 2.15. The fraction of sp³-hybridized carbons (Fsp3) is 0.273. The summed E-state index contributed by atoms with van der Waals surface area (Å²) < 4.78 is 42.7. The fourth-order valence-corrected chi connectivity index (χ4v) is 1.42. The number of oxazole rings is 1. The summed E-state index contributed by atoms with van der Waals surface area (Å²) in [4.78, 5) is 14.7. The molecule has 0 bridgehead atoms. The molecule has 102 valence electrons. The minimum Gasteiger partial charge on any atom is -0.424 e. The van der Waals surface area contributed by atoms with E-state index in [-0.39, 0.29) is 17.1 Å². The van der Waals surface area contributed by atoms with Gasteiger partial charge in [0.1, 0.15) is 11.6 Å². The third-order valence-corrected chi connectivity index (χ3v) is 2.48. The highest BCUT2D eigenvalue weighted by atomic mass is 19.4. The molecule has 0 aliphatic carbocycles. The summed E-state index contributed by atoms with van der Waals surface area (Å²) >= 11 is 0. The molecule has 19 heavy (non-hydrogen) atoms. The molecule has 0 saturated heterocycles. The van der Waals surface area contributed by atoms with Crippen molar-refractivity contribution in [3.63, 3.8) is 0 Å². The number of carbonyl (C=O) groups is 1. The van der Waals surface area contributed by atoms with Crippen LogP contribution in [0.5, 0.6) is 0 Å². The molecule has 1 aromatic heterocycles. The van der Waals surface area contributed by atoms with Crippen LogP contribution in [0.4, 0.5) is 19.2 Å². The largest absolute Gasteiger partial charge is 0.424 e. The summed E-state index contributed by atoms with van der Waals surface area (Å²) in [5.74, 6) is -0.627. The van der Waals surface area contributed by atoms with Gasteiger partial charge < -0.3 is 15.5 Å². The van der Waals surface area contributed by atoms with Crippen LogP contribution in [0.15, 0.2) is 22.6 Å². The van der Waals surface area contributed by atoms with Gasteiger partial charge >= 0.3 is 6.18 Å². The molecule has 0 radical (unpaired) electrons. The number of benzene rings is 1. The number of hydrogen-bond acceptors (Lipinski definition) is 4. The quantitative estimate of drug-likeness (QED) is 0.897. The van der Waals surface area contributed by atoms with Gasteiger partial charge in [-0.3, -0.25) is 4.79 Å². The number of alkyl halides is 3. The van der Waals surface area contributed by atoms with Crippen LogP contribution in [0.3, 0.4) is 0 Å². The van der Waals surface area contributed by atoms with Crippen molar-refractivity contribution in [1.29, 1.82) is 0 Å². The Kier molecular flexibility index (Phi) is 3.09. The van der Waals surface area contributed by atoms with Crippen molar-refractivity contribution < 1.29 is 22.4 Å². The van der Waals surface area contributed by atoms with Crippen LogP contribution < -0.4 is 11.1 Å². The first kappa shape index (κ1) is 13.2. The van der Waals surface area contributed by atoms with Crippen molar-refractivity contribution in [3.05, 3.63) is 23.8 Å². The minimum atomic E-state index is -4.44. The van der Waals surface area contributed by atoms with Crippen LogP contribution in [-0.2, 0) is 11.0 Å². The van der Waals surface area contributed by atoms with Gasteiger partial charge in [-0.15, -0.1) is 0 Å². The molecule has 1 aromatic carbocycles. The van der Waals surface area contributed by atoms with E-state index in [1.54, 1.807) is 0 Å². The molecular formula is C11H10F3N3O2. The van der Waals surface area contributed by atoms with Gasteiger partial charge in [-0.05, 0) is 25.1 Å². The van der Waals surface area contributed by atoms with Crippen molar-refractivity contribution in [1.82, 2.24) is 4.98 Å². The van der Waals surface area contributed by atoms with E-state index in [0.717, 1.165) is 12.1 Å². The number of amides is 1. The van der Waals surface area contributed by atoms with Gasteiger partial charge in [0.05, 0.1) is 5.56 Å². The van der Waals surface area contributed by atoms with E-state index in [1.165, 1.54) is 13.0 Å². The number of nitrogens with one attached hydrogen (secondary N) is 1. The van der Waals surface area contributed by atoms with Gasteiger partial charge in [-0.1, -0.05) is 0 Å². The van der Waals surface area contributed by atoms with Gasteiger partial charge in [0.25, 0.3) is 6.01 Å². The molecule has 8 heteroatoms. The molecule has 1 atom stereocenters. The van der Waals surface area contributed by atoms with Gasteiger partial charge in [-0.2, -0.15) is 18.2 Å². The number of nitrogens with two attached hydrogens (primary N) is 1. The lowest BCUT2D eigenvalue weighted by Crippen LogP contribution is -2.32. The molecular weight excluding hydrogens is 263 g/mol. The second kappa shape index (κ2) is 4.45. The van der Waals surface area contributed by atoms with Gasteiger partial charge in [-0.25, -0.2) is 0 Å². The summed E-state index contributed by atoms with van der Waals surface area (Å²) in [6.07, 6.45) is -4.44. The third kappa shape index (κ3) is 2.78. The number of nitrogens with zero attached hydrogens (tertiary/aromatic N) is 1. The highest BCUT2D eigenvalue weighted by molar-refractivity contribution is 5.82. The maximum atomic E-state index is 12.5. The first-order chi connectivity index (χ1) is 8.77. The fourth-order valence-electron chi connectivity index (χ4n) is 1.42. The monoisotopic (exact) mass is 273 g/mol. The zero-order valence-corrected chi connectivity index (χ0v) is 9.78. The minimum absolute atomic E-state index is 0.0500. The summed E-state index contributed by atoms with van der Waals surface area (Å²) in [7, 11) is 0. The van der Waals surface area contributed by atoms with Crippen LogP contribution >= 0.6 is 0 Å². The number of fused-ring (bicyclic) bond motifs is 1. The predicted octanol–water partition coefficient (Wildman–Crippen LogP) is 2.13. The molecule has 0 saturated carbocycles. The van der Waals surface area contributed by atoms with Crippen molar-refractivity contribution in [2.75, 3.05) is 5.32 Å². The molecule has 1 amide bonds. The highest BCUT2D eigenvalue weighted by Crippen LogP contribution is 2.32. The van der Waals surface area contributed by atoms with Crippen LogP contribution in [0.25, 0.3) is 11.1 Å². The van der Waals surface area contributed by atoms with Gasteiger partial charge in [0.2, 0.25) is 5.91 Å². The normalized spacial score (nSPS) is 13.5. The Balaban J connectivity index is 2.33. The maximum Gasteiger partial charge on any atom is 0.416 e. The predicted molar refractivity (Wildman–Crippen MR) is 61.3 cm³/mol. The van der Waals surface area contributed by atoms with E-state index in [1.807, 2.05) is 0 Å². The van der Waals surface area contributed by atoms with Crippen molar-refractivity contribution >= 4 is 23.0 Å². The molecule has 0 aliphatic heterocycles. The summed E-state index contributed by atoms with van der Waals surface area (Å²) in [6.45, 7) is 1.48. The Hall–Kier alpha value is -2.25. The number of rotatable bonds is 3. The van der Waals surface area contributed by atoms with Crippen molar-refractivity contribution in [2.45, 2.75) is 19.1 Å². The second-order valence-electron chi connectivity index (χ2n) is 3.97. The van der Waals surface area contributed by atoms with Crippen molar-refractivity contribution in [2.24, 2.45) is 5.73 Å². The molecule has 5 nitrogen and oxygen atoms in total. The van der Waals surface area contributed by atoms with Crippen LogP contribution in [0.2, 0.25) is 0 Å². The lowest BCUT2D eigenvalue weighted by atomic mass is 10.2. The number of anilines is 1. The van der Waals surface area contributed by atoms with Crippen LogP contribution in [-0.4, -0.2) is 16.9 Å². The number of hydrogen-bond donors (Lipinski definition) is 2. The Bertz CT molecular complexity index is 621. The van der Waals surface area contributed by atoms with Crippen molar-refractivity contribution in [3.8, 4) is 0 Å². The molecule has 3 N–H and O–H groups in total.